The molecule has 1 aliphatic carbocycles. The number of benzene rings is 1. The molecular formula is C15H18N2. The van der Waals surface area contributed by atoms with Crippen LogP contribution in [0.15, 0.2) is 36.4 Å². The van der Waals surface area contributed by atoms with E-state index in [2.05, 4.69) is 23.2 Å². The lowest BCUT2D eigenvalue weighted by molar-refractivity contribution is 0.566. The highest BCUT2D eigenvalue weighted by Gasteiger charge is 2.22. The molecule has 88 valence electrons. The molecule has 2 nitrogen and oxygen atoms in total. The van der Waals surface area contributed by atoms with E-state index in [1.54, 1.807) is 0 Å². The molecule has 1 fully saturated rings. The van der Waals surface area contributed by atoms with Crippen molar-refractivity contribution >= 4 is 10.9 Å². The van der Waals surface area contributed by atoms with Crippen molar-refractivity contribution in [3.63, 3.8) is 0 Å². The predicted molar refractivity (Wildman–Crippen MR) is 70.6 cm³/mol. The van der Waals surface area contributed by atoms with E-state index >= 15 is 0 Å². The second-order valence-corrected chi connectivity index (χ2v) is 5.06. The Hall–Kier alpha value is -1.41. The lowest BCUT2D eigenvalue weighted by Crippen LogP contribution is -2.12. The van der Waals surface area contributed by atoms with Gasteiger partial charge < -0.3 is 5.73 Å². The van der Waals surface area contributed by atoms with E-state index in [1.165, 1.54) is 24.6 Å². The summed E-state index contributed by atoms with van der Waals surface area (Å²) < 4.78 is 0. The third-order valence-corrected chi connectivity index (χ3v) is 3.58. The number of pyridine rings is 1. The average molecular weight is 226 g/mol. The van der Waals surface area contributed by atoms with Gasteiger partial charge in [-0.15, -0.1) is 0 Å². The summed E-state index contributed by atoms with van der Waals surface area (Å²) >= 11 is 0. The van der Waals surface area contributed by atoms with Crippen molar-refractivity contribution in [2.24, 2.45) is 11.7 Å². The van der Waals surface area contributed by atoms with E-state index in [4.69, 9.17) is 5.73 Å². The molecule has 0 radical (unpaired) electrons. The van der Waals surface area contributed by atoms with E-state index in [0.29, 0.717) is 0 Å². The number of hydrogen-bond donors (Lipinski definition) is 1. The number of aromatic nitrogens is 1. The van der Waals surface area contributed by atoms with Crippen LogP contribution in [0, 0.1) is 5.92 Å². The Morgan fingerprint density at radius 1 is 1.18 bits per heavy atom. The first-order valence-corrected chi connectivity index (χ1v) is 6.44. The molecule has 2 N–H and O–H groups in total. The first-order chi connectivity index (χ1) is 8.33. The molecule has 0 spiro atoms. The van der Waals surface area contributed by atoms with Crippen LogP contribution in [0.5, 0.6) is 0 Å². The first kappa shape index (κ1) is 10.7. The molecule has 1 aromatic heterocycles. The van der Waals surface area contributed by atoms with Crippen molar-refractivity contribution in [1.82, 2.24) is 4.98 Å². The molecule has 2 heteroatoms. The van der Waals surface area contributed by atoms with Crippen LogP contribution >= 0.6 is 0 Å². The minimum atomic E-state index is 0.0974. The minimum Gasteiger partial charge on any atom is -0.323 e. The minimum absolute atomic E-state index is 0.0974. The standard InChI is InChI=1S/C15H18N2/c16-13(9-7-11-5-6-11)15-10-8-12-3-1-2-4-14(12)17-15/h1-4,8,10-11,13H,5-7,9,16H2. The van der Waals surface area contributed by atoms with Gasteiger partial charge >= 0.3 is 0 Å². The highest BCUT2D eigenvalue weighted by molar-refractivity contribution is 5.78. The van der Waals surface area contributed by atoms with Gasteiger partial charge in [0, 0.05) is 11.4 Å². The summed E-state index contributed by atoms with van der Waals surface area (Å²) in [5.41, 5.74) is 8.28. The van der Waals surface area contributed by atoms with E-state index in [9.17, 15) is 0 Å². The fraction of sp³-hybridized carbons (Fsp3) is 0.400. The molecule has 0 saturated heterocycles. The molecular weight excluding hydrogens is 208 g/mol. The van der Waals surface area contributed by atoms with Crippen molar-refractivity contribution in [3.05, 3.63) is 42.1 Å². The smallest absolute Gasteiger partial charge is 0.0706 e. The lowest BCUT2D eigenvalue weighted by Gasteiger charge is -2.11. The van der Waals surface area contributed by atoms with Crippen LogP contribution in [0.1, 0.15) is 37.4 Å². The van der Waals surface area contributed by atoms with Crippen LogP contribution < -0.4 is 5.73 Å². The molecule has 2 aromatic rings. The van der Waals surface area contributed by atoms with E-state index < -0.39 is 0 Å². The maximum absolute atomic E-state index is 6.20. The Bertz CT molecular complexity index is 517. The molecule has 1 heterocycles. The molecule has 1 unspecified atom stereocenters. The van der Waals surface area contributed by atoms with Gasteiger partial charge in [-0.05, 0) is 30.9 Å². The Balaban J connectivity index is 1.78. The van der Waals surface area contributed by atoms with Crippen LogP contribution in [0.25, 0.3) is 10.9 Å². The molecule has 17 heavy (non-hydrogen) atoms. The molecule has 0 aliphatic heterocycles. The van der Waals surface area contributed by atoms with Gasteiger partial charge in [0.1, 0.15) is 0 Å². The van der Waals surface area contributed by atoms with Gasteiger partial charge in [0.15, 0.2) is 0 Å². The third-order valence-electron chi connectivity index (χ3n) is 3.58. The Labute approximate surface area is 102 Å². The Morgan fingerprint density at radius 2 is 2.00 bits per heavy atom. The van der Waals surface area contributed by atoms with Crippen molar-refractivity contribution in [2.75, 3.05) is 0 Å². The fourth-order valence-electron chi connectivity index (χ4n) is 2.26. The highest BCUT2D eigenvalue weighted by Crippen LogP contribution is 2.35. The summed E-state index contributed by atoms with van der Waals surface area (Å²) in [5, 5.41) is 1.19. The molecule has 1 aliphatic rings. The van der Waals surface area contributed by atoms with Crippen LogP contribution in [-0.2, 0) is 0 Å². The van der Waals surface area contributed by atoms with Crippen LogP contribution in [0.3, 0.4) is 0 Å². The van der Waals surface area contributed by atoms with Crippen LogP contribution in [0.4, 0.5) is 0 Å². The van der Waals surface area contributed by atoms with Gasteiger partial charge in [-0.25, -0.2) is 0 Å². The van der Waals surface area contributed by atoms with Crippen molar-refractivity contribution in [2.45, 2.75) is 31.7 Å². The fourth-order valence-corrected chi connectivity index (χ4v) is 2.26. The molecule has 0 bridgehead atoms. The van der Waals surface area contributed by atoms with Crippen LogP contribution in [-0.4, -0.2) is 4.98 Å². The second-order valence-electron chi connectivity index (χ2n) is 5.06. The zero-order chi connectivity index (χ0) is 11.7. The van der Waals surface area contributed by atoms with Gasteiger partial charge in [0.25, 0.3) is 0 Å². The first-order valence-electron chi connectivity index (χ1n) is 6.44. The number of para-hydroxylation sites is 1. The largest absolute Gasteiger partial charge is 0.323 e. The Morgan fingerprint density at radius 3 is 2.82 bits per heavy atom. The van der Waals surface area contributed by atoms with Crippen molar-refractivity contribution < 1.29 is 0 Å². The lowest BCUT2D eigenvalue weighted by atomic mass is 10.0. The van der Waals surface area contributed by atoms with Gasteiger partial charge in [0.2, 0.25) is 0 Å². The Kier molecular flexibility index (Phi) is 2.81. The van der Waals surface area contributed by atoms with Gasteiger partial charge in [-0.1, -0.05) is 37.1 Å². The number of hydrogen-bond acceptors (Lipinski definition) is 2. The van der Waals surface area contributed by atoms with Crippen molar-refractivity contribution in [1.29, 1.82) is 0 Å². The number of fused-ring (bicyclic) bond motifs is 1. The average Bonchev–Trinajstić information content (AvgIpc) is 3.19. The van der Waals surface area contributed by atoms with Crippen molar-refractivity contribution in [3.8, 4) is 0 Å². The number of nitrogens with zero attached hydrogens (tertiary/aromatic N) is 1. The monoisotopic (exact) mass is 226 g/mol. The van der Waals surface area contributed by atoms with E-state index in [0.717, 1.165) is 23.5 Å². The summed E-state index contributed by atoms with van der Waals surface area (Å²) in [6.07, 6.45) is 5.13. The predicted octanol–water partition coefficient (Wildman–Crippen LogP) is 3.42. The maximum Gasteiger partial charge on any atom is 0.0706 e. The van der Waals surface area contributed by atoms with Gasteiger partial charge in [-0.3, -0.25) is 4.98 Å². The summed E-state index contributed by atoms with van der Waals surface area (Å²) in [6, 6.07) is 12.5. The zero-order valence-corrected chi connectivity index (χ0v) is 9.97. The summed E-state index contributed by atoms with van der Waals surface area (Å²) in [6.45, 7) is 0. The molecule has 0 amide bonds. The molecule has 1 saturated carbocycles. The summed E-state index contributed by atoms with van der Waals surface area (Å²) in [4.78, 5) is 4.65. The number of nitrogens with two attached hydrogens (primary N) is 1. The van der Waals surface area contributed by atoms with Gasteiger partial charge in [-0.2, -0.15) is 0 Å². The molecule has 3 rings (SSSR count). The van der Waals surface area contributed by atoms with Crippen LogP contribution in [0.2, 0.25) is 0 Å². The van der Waals surface area contributed by atoms with E-state index in [1.807, 2.05) is 18.2 Å². The second kappa shape index (κ2) is 4.46. The normalized spacial score (nSPS) is 17.2. The zero-order valence-electron chi connectivity index (χ0n) is 9.97. The maximum atomic E-state index is 6.20. The summed E-state index contributed by atoms with van der Waals surface area (Å²) in [5.74, 6) is 0.946. The number of rotatable bonds is 4. The highest BCUT2D eigenvalue weighted by atomic mass is 14.8. The molecule has 1 aromatic carbocycles. The van der Waals surface area contributed by atoms with E-state index in [-0.39, 0.29) is 6.04 Å². The quantitative estimate of drug-likeness (QED) is 0.867. The van der Waals surface area contributed by atoms with Gasteiger partial charge in [0.05, 0.1) is 11.2 Å². The SMILES string of the molecule is NC(CCC1CC1)c1ccc2ccccc2n1. The third kappa shape index (κ3) is 2.47. The topological polar surface area (TPSA) is 38.9 Å². The summed E-state index contributed by atoms with van der Waals surface area (Å²) in [7, 11) is 0. The molecule has 1 atom stereocenters.